The lowest BCUT2D eigenvalue weighted by Gasteiger charge is -2.33. The van der Waals surface area contributed by atoms with E-state index in [4.69, 9.17) is 19.4 Å². The van der Waals surface area contributed by atoms with E-state index in [9.17, 15) is 4.39 Å². The van der Waals surface area contributed by atoms with Crippen molar-refractivity contribution < 1.29 is 18.4 Å². The van der Waals surface area contributed by atoms with Crippen LogP contribution in [0, 0.1) is 11.2 Å². The Morgan fingerprint density at radius 2 is 1.55 bits per heavy atom. The van der Waals surface area contributed by atoms with Crippen LogP contribution in [0.1, 0.15) is 24.1 Å². The fourth-order valence-corrected chi connectivity index (χ4v) is 5.07. The van der Waals surface area contributed by atoms with Gasteiger partial charge in [-0.05, 0) is 17.2 Å². The average molecular weight is 551 g/mol. The van der Waals surface area contributed by atoms with Gasteiger partial charge in [0, 0.05) is 69.9 Å². The van der Waals surface area contributed by atoms with Gasteiger partial charge in [-0.3, -0.25) is 20.5 Å². The summed E-state index contributed by atoms with van der Waals surface area (Å²) in [4.78, 5) is 6.83. The minimum atomic E-state index is -0.234. The summed E-state index contributed by atoms with van der Waals surface area (Å²) >= 11 is 0. The highest BCUT2D eigenvalue weighted by molar-refractivity contribution is 5.90. The number of hydrogen-bond acceptors (Lipinski definition) is 7. The lowest BCUT2D eigenvalue weighted by molar-refractivity contribution is 0.0305. The zero-order valence-electron chi connectivity index (χ0n) is 23.2. The maximum Gasteiger partial charge on any atom is 0.231 e. The Kier molecular flexibility index (Phi) is 9.77. The topological polar surface area (TPSA) is 90.1 Å². The van der Waals surface area contributed by atoms with Gasteiger partial charge >= 0.3 is 0 Å². The molecule has 2 aromatic carbocycles. The molecule has 1 unspecified atom stereocenters. The SMILES string of the molecule is CC(c1ccc(-c2ccccc2F)cc1)c1cc(NC(=N)N(CCN2CCOCC2)CCN2CCOCC2)on1. The van der Waals surface area contributed by atoms with Crippen molar-refractivity contribution in [3.05, 3.63) is 71.7 Å². The van der Waals surface area contributed by atoms with Crippen LogP contribution < -0.4 is 5.32 Å². The molecule has 0 bridgehead atoms. The number of hydrogen-bond donors (Lipinski definition) is 2. The molecular formula is C30H39FN6O3. The van der Waals surface area contributed by atoms with Crippen LogP contribution in [0.15, 0.2) is 59.1 Å². The molecule has 0 spiro atoms. The van der Waals surface area contributed by atoms with Crippen LogP contribution in [-0.4, -0.2) is 105 Å². The van der Waals surface area contributed by atoms with Gasteiger partial charge < -0.3 is 18.9 Å². The molecule has 0 amide bonds. The van der Waals surface area contributed by atoms with Gasteiger partial charge in [0.05, 0.1) is 32.1 Å². The second kappa shape index (κ2) is 13.8. The zero-order valence-corrected chi connectivity index (χ0v) is 23.2. The van der Waals surface area contributed by atoms with Crippen molar-refractivity contribution in [2.24, 2.45) is 0 Å². The highest BCUT2D eigenvalue weighted by atomic mass is 19.1. The number of benzene rings is 2. The van der Waals surface area contributed by atoms with Crippen LogP contribution in [0.3, 0.4) is 0 Å². The molecule has 40 heavy (non-hydrogen) atoms. The first kappa shape index (κ1) is 28.2. The van der Waals surface area contributed by atoms with Crippen molar-refractivity contribution in [3.63, 3.8) is 0 Å². The summed E-state index contributed by atoms with van der Waals surface area (Å²) in [5.74, 6) is 0.479. The Morgan fingerprint density at radius 3 is 2.15 bits per heavy atom. The smallest absolute Gasteiger partial charge is 0.231 e. The average Bonchev–Trinajstić information content (AvgIpc) is 3.46. The number of morpholine rings is 2. The monoisotopic (exact) mass is 550 g/mol. The summed E-state index contributed by atoms with van der Waals surface area (Å²) in [5.41, 5.74) is 3.23. The lowest BCUT2D eigenvalue weighted by atomic mass is 9.95. The lowest BCUT2D eigenvalue weighted by Crippen LogP contribution is -2.48. The van der Waals surface area contributed by atoms with Crippen molar-refractivity contribution in [3.8, 4) is 11.1 Å². The van der Waals surface area contributed by atoms with E-state index >= 15 is 0 Å². The minimum Gasteiger partial charge on any atom is -0.379 e. The van der Waals surface area contributed by atoms with Crippen molar-refractivity contribution in [1.82, 2.24) is 19.9 Å². The maximum absolute atomic E-state index is 14.2. The van der Waals surface area contributed by atoms with Crippen LogP contribution in [0.2, 0.25) is 0 Å². The maximum atomic E-state index is 14.2. The van der Waals surface area contributed by atoms with Gasteiger partial charge in [0.2, 0.25) is 5.88 Å². The van der Waals surface area contributed by atoms with Gasteiger partial charge in [-0.25, -0.2) is 4.39 Å². The molecule has 2 N–H and O–H groups in total. The van der Waals surface area contributed by atoms with Crippen molar-refractivity contribution >= 4 is 11.8 Å². The molecule has 1 atom stereocenters. The van der Waals surface area contributed by atoms with Gasteiger partial charge in [0.1, 0.15) is 5.82 Å². The molecule has 2 fully saturated rings. The number of ether oxygens (including phenoxy) is 2. The number of nitrogens with zero attached hydrogens (tertiary/aromatic N) is 4. The Balaban J connectivity index is 1.20. The molecule has 3 aromatic rings. The fourth-order valence-electron chi connectivity index (χ4n) is 5.07. The van der Waals surface area contributed by atoms with E-state index < -0.39 is 0 Å². The summed E-state index contributed by atoms with van der Waals surface area (Å²) in [7, 11) is 0. The summed E-state index contributed by atoms with van der Waals surface area (Å²) in [5, 5.41) is 16.2. The third-order valence-electron chi connectivity index (χ3n) is 7.71. The Bertz CT molecular complexity index is 1200. The molecular weight excluding hydrogens is 511 g/mol. The van der Waals surface area contributed by atoms with Gasteiger partial charge in [0.15, 0.2) is 5.96 Å². The largest absolute Gasteiger partial charge is 0.379 e. The third-order valence-corrected chi connectivity index (χ3v) is 7.71. The van der Waals surface area contributed by atoms with E-state index in [1.807, 2.05) is 36.4 Å². The molecule has 214 valence electrons. The summed E-state index contributed by atoms with van der Waals surface area (Å²) < 4.78 is 30.7. The highest BCUT2D eigenvalue weighted by Crippen LogP contribution is 2.29. The molecule has 2 saturated heterocycles. The Labute approximate surface area is 235 Å². The normalized spacial score (nSPS) is 17.4. The van der Waals surface area contributed by atoms with Gasteiger partial charge in [-0.2, -0.15) is 0 Å². The van der Waals surface area contributed by atoms with E-state index in [2.05, 4.69) is 32.1 Å². The zero-order chi connectivity index (χ0) is 27.7. The van der Waals surface area contributed by atoms with E-state index in [-0.39, 0.29) is 11.7 Å². The number of guanidine groups is 1. The third kappa shape index (κ3) is 7.45. The van der Waals surface area contributed by atoms with E-state index in [1.165, 1.54) is 6.07 Å². The summed E-state index contributed by atoms with van der Waals surface area (Å²) in [6, 6.07) is 16.5. The predicted molar refractivity (Wildman–Crippen MR) is 153 cm³/mol. The minimum absolute atomic E-state index is 0.0260. The number of rotatable bonds is 10. The van der Waals surface area contributed by atoms with Crippen LogP contribution in [-0.2, 0) is 9.47 Å². The molecule has 0 aliphatic carbocycles. The summed E-state index contributed by atoms with van der Waals surface area (Å²) in [6.45, 7) is 12.0. The van der Waals surface area contributed by atoms with Crippen LogP contribution in [0.5, 0.6) is 0 Å². The number of anilines is 1. The fraction of sp³-hybridized carbons (Fsp3) is 0.467. The highest BCUT2D eigenvalue weighted by Gasteiger charge is 2.20. The number of nitrogens with one attached hydrogen (secondary N) is 2. The molecule has 1 aromatic heterocycles. The van der Waals surface area contributed by atoms with Crippen LogP contribution >= 0.6 is 0 Å². The van der Waals surface area contributed by atoms with Gasteiger partial charge in [-0.15, -0.1) is 0 Å². The van der Waals surface area contributed by atoms with E-state index in [0.717, 1.165) is 95.6 Å². The predicted octanol–water partition coefficient (Wildman–Crippen LogP) is 3.95. The van der Waals surface area contributed by atoms with Crippen molar-refractivity contribution in [1.29, 1.82) is 5.41 Å². The van der Waals surface area contributed by atoms with E-state index in [1.54, 1.807) is 12.1 Å². The molecule has 2 aliphatic heterocycles. The Morgan fingerprint density at radius 1 is 0.950 bits per heavy atom. The molecule has 0 radical (unpaired) electrons. The molecule has 9 nitrogen and oxygen atoms in total. The standard InChI is InChI=1S/C30H39FN6O3/c1-23(24-6-8-25(9-7-24)26-4-2-3-5-27(26)31)28-22-29(40-34-28)33-30(32)37(12-10-35-14-18-38-19-15-35)13-11-36-16-20-39-21-17-36/h2-9,22-23H,10-21H2,1H3,(H2,32,33). The first-order valence-electron chi connectivity index (χ1n) is 14.1. The van der Waals surface area contributed by atoms with Gasteiger partial charge in [-0.1, -0.05) is 54.5 Å². The van der Waals surface area contributed by atoms with Gasteiger partial charge in [0.25, 0.3) is 0 Å². The molecule has 3 heterocycles. The number of aromatic nitrogens is 1. The van der Waals surface area contributed by atoms with Crippen LogP contribution in [0.4, 0.5) is 10.3 Å². The molecule has 0 saturated carbocycles. The van der Waals surface area contributed by atoms with E-state index in [0.29, 0.717) is 17.4 Å². The molecule has 10 heteroatoms. The number of halogens is 1. The Hall–Kier alpha value is -3.31. The second-order valence-electron chi connectivity index (χ2n) is 10.3. The quantitative estimate of drug-likeness (QED) is 0.290. The first-order chi connectivity index (χ1) is 19.6. The van der Waals surface area contributed by atoms with Crippen molar-refractivity contribution in [2.45, 2.75) is 12.8 Å². The first-order valence-corrected chi connectivity index (χ1v) is 14.1. The summed E-state index contributed by atoms with van der Waals surface area (Å²) in [6.07, 6.45) is 0. The van der Waals surface area contributed by atoms with Crippen LogP contribution in [0.25, 0.3) is 11.1 Å². The van der Waals surface area contributed by atoms with Crippen molar-refractivity contribution in [2.75, 3.05) is 84.1 Å². The molecule has 2 aliphatic rings. The molecule has 5 rings (SSSR count). The second-order valence-corrected chi connectivity index (χ2v) is 10.3.